The summed E-state index contributed by atoms with van der Waals surface area (Å²) in [5.74, 6) is 0.245. The van der Waals surface area contributed by atoms with E-state index in [-0.39, 0.29) is 18.4 Å². The monoisotopic (exact) mass is 404 g/mol. The minimum Gasteiger partial charge on any atom is -0.483 e. The van der Waals surface area contributed by atoms with Crippen molar-refractivity contribution in [2.45, 2.75) is 33.4 Å². The summed E-state index contributed by atoms with van der Waals surface area (Å²) in [5.41, 5.74) is 2.09. The van der Waals surface area contributed by atoms with Crippen LogP contribution in [0.15, 0.2) is 66.7 Å². The number of nitrogens with zero attached hydrogens (tertiary/aromatic N) is 1. The number of aryl methyl sites for hydroxylation is 1. The third-order valence-electron chi connectivity index (χ3n) is 5.05. The second-order valence-corrected chi connectivity index (χ2v) is 7.35. The number of benzene rings is 3. The molecule has 0 saturated carbocycles. The van der Waals surface area contributed by atoms with E-state index < -0.39 is 6.04 Å². The Kier molecular flexibility index (Phi) is 7.07. The van der Waals surface area contributed by atoms with Crippen molar-refractivity contribution in [1.82, 2.24) is 10.2 Å². The molecular weight excluding hydrogens is 376 g/mol. The van der Waals surface area contributed by atoms with Crippen LogP contribution in [-0.4, -0.2) is 35.9 Å². The number of ether oxygens (including phenoxy) is 1. The number of hydrogen-bond acceptors (Lipinski definition) is 3. The van der Waals surface area contributed by atoms with Crippen LogP contribution in [0.25, 0.3) is 10.8 Å². The molecule has 5 nitrogen and oxygen atoms in total. The van der Waals surface area contributed by atoms with Gasteiger partial charge < -0.3 is 15.0 Å². The van der Waals surface area contributed by atoms with E-state index in [1.54, 1.807) is 11.8 Å². The van der Waals surface area contributed by atoms with Gasteiger partial charge in [-0.3, -0.25) is 9.59 Å². The smallest absolute Gasteiger partial charge is 0.261 e. The van der Waals surface area contributed by atoms with Gasteiger partial charge in [0.05, 0.1) is 0 Å². The van der Waals surface area contributed by atoms with Gasteiger partial charge in [-0.05, 0) is 37.8 Å². The molecule has 1 N–H and O–H groups in total. The molecule has 0 aliphatic carbocycles. The van der Waals surface area contributed by atoms with Gasteiger partial charge in [0.2, 0.25) is 5.91 Å². The van der Waals surface area contributed by atoms with E-state index in [2.05, 4.69) is 5.32 Å². The number of amides is 2. The van der Waals surface area contributed by atoms with Crippen LogP contribution >= 0.6 is 0 Å². The summed E-state index contributed by atoms with van der Waals surface area (Å²) in [6.45, 7) is 6.34. The molecule has 0 aliphatic heterocycles. The Bertz CT molecular complexity index is 1030. The molecule has 30 heavy (non-hydrogen) atoms. The fraction of sp³-hybridized carbons (Fsp3) is 0.280. The first kappa shape index (κ1) is 21.4. The zero-order valence-corrected chi connectivity index (χ0v) is 17.7. The largest absolute Gasteiger partial charge is 0.483 e. The molecule has 0 heterocycles. The van der Waals surface area contributed by atoms with Crippen LogP contribution < -0.4 is 10.1 Å². The van der Waals surface area contributed by atoms with Gasteiger partial charge >= 0.3 is 0 Å². The van der Waals surface area contributed by atoms with Crippen molar-refractivity contribution in [2.24, 2.45) is 0 Å². The zero-order valence-electron chi connectivity index (χ0n) is 17.7. The molecule has 0 radical (unpaired) electrons. The van der Waals surface area contributed by atoms with Gasteiger partial charge in [-0.15, -0.1) is 0 Å². The van der Waals surface area contributed by atoms with E-state index in [1.165, 1.54) is 0 Å². The third kappa shape index (κ3) is 5.17. The van der Waals surface area contributed by atoms with Crippen molar-refractivity contribution in [3.63, 3.8) is 0 Å². The quantitative estimate of drug-likeness (QED) is 0.615. The first-order valence-electron chi connectivity index (χ1n) is 10.2. The second kappa shape index (κ2) is 9.92. The molecule has 0 bridgehead atoms. The molecule has 1 atom stereocenters. The molecule has 5 heteroatoms. The van der Waals surface area contributed by atoms with Crippen LogP contribution in [0.3, 0.4) is 0 Å². The van der Waals surface area contributed by atoms with Gasteiger partial charge in [-0.2, -0.15) is 0 Å². The lowest BCUT2D eigenvalue weighted by atomic mass is 10.1. The number of rotatable bonds is 8. The van der Waals surface area contributed by atoms with Gasteiger partial charge in [0.1, 0.15) is 11.8 Å². The van der Waals surface area contributed by atoms with Crippen molar-refractivity contribution in [1.29, 1.82) is 0 Å². The number of nitrogens with one attached hydrogen (secondary N) is 1. The highest BCUT2D eigenvalue weighted by Crippen LogP contribution is 2.25. The molecule has 3 aromatic carbocycles. The predicted molar refractivity (Wildman–Crippen MR) is 119 cm³/mol. The maximum Gasteiger partial charge on any atom is 0.261 e. The summed E-state index contributed by atoms with van der Waals surface area (Å²) >= 11 is 0. The highest BCUT2D eigenvalue weighted by Gasteiger charge is 2.26. The first-order valence-corrected chi connectivity index (χ1v) is 10.2. The SMILES string of the molecule is CCNC(=O)[C@@H](C)N(Cc1cccc(C)c1)C(=O)COc1cccc2ccccc12. The summed E-state index contributed by atoms with van der Waals surface area (Å²) in [4.78, 5) is 27.1. The summed E-state index contributed by atoms with van der Waals surface area (Å²) < 4.78 is 5.89. The Labute approximate surface area is 177 Å². The molecule has 0 saturated heterocycles. The number of carbonyl (C=O) groups excluding carboxylic acids is 2. The number of likely N-dealkylation sites (N-methyl/N-ethyl adjacent to an activating group) is 1. The topological polar surface area (TPSA) is 58.6 Å². The van der Waals surface area contributed by atoms with E-state index in [4.69, 9.17) is 4.74 Å². The molecule has 3 rings (SSSR count). The molecule has 0 spiro atoms. The molecule has 3 aromatic rings. The van der Waals surface area contributed by atoms with Crippen LogP contribution in [0.1, 0.15) is 25.0 Å². The van der Waals surface area contributed by atoms with Crippen LogP contribution in [0.5, 0.6) is 5.75 Å². The predicted octanol–water partition coefficient (Wildman–Crippen LogP) is 4.08. The number of carbonyl (C=O) groups is 2. The van der Waals surface area contributed by atoms with Crippen molar-refractivity contribution in [3.05, 3.63) is 77.9 Å². The van der Waals surface area contributed by atoms with E-state index in [9.17, 15) is 9.59 Å². The summed E-state index contributed by atoms with van der Waals surface area (Å²) in [7, 11) is 0. The minimum absolute atomic E-state index is 0.135. The van der Waals surface area contributed by atoms with Crippen LogP contribution in [0.2, 0.25) is 0 Å². The van der Waals surface area contributed by atoms with E-state index in [0.717, 1.165) is 21.9 Å². The Balaban J connectivity index is 1.79. The highest BCUT2D eigenvalue weighted by molar-refractivity contribution is 5.90. The average molecular weight is 405 g/mol. The molecule has 0 unspecified atom stereocenters. The fourth-order valence-electron chi connectivity index (χ4n) is 3.46. The van der Waals surface area contributed by atoms with Crippen molar-refractivity contribution in [3.8, 4) is 5.75 Å². The second-order valence-electron chi connectivity index (χ2n) is 7.35. The summed E-state index contributed by atoms with van der Waals surface area (Å²) in [6, 6.07) is 21.0. The molecule has 0 aliphatic rings. The third-order valence-corrected chi connectivity index (χ3v) is 5.05. The van der Waals surface area contributed by atoms with Crippen LogP contribution in [0, 0.1) is 6.92 Å². The highest BCUT2D eigenvalue weighted by atomic mass is 16.5. The lowest BCUT2D eigenvalue weighted by Crippen LogP contribution is -2.49. The molecule has 0 aromatic heterocycles. The van der Waals surface area contributed by atoms with Crippen molar-refractivity contribution >= 4 is 22.6 Å². The lowest BCUT2D eigenvalue weighted by Gasteiger charge is -2.28. The van der Waals surface area contributed by atoms with Crippen molar-refractivity contribution < 1.29 is 14.3 Å². The van der Waals surface area contributed by atoms with Crippen molar-refractivity contribution in [2.75, 3.05) is 13.2 Å². The standard InChI is InChI=1S/C25H28N2O3/c1-4-26-25(29)19(3)27(16-20-10-7-9-18(2)15-20)24(28)17-30-23-14-8-12-21-11-5-6-13-22(21)23/h5-15,19H,4,16-17H2,1-3H3,(H,26,29)/t19-/m1/s1. The summed E-state index contributed by atoms with van der Waals surface area (Å²) in [6.07, 6.45) is 0. The summed E-state index contributed by atoms with van der Waals surface area (Å²) in [5, 5.41) is 4.81. The molecule has 0 fully saturated rings. The van der Waals surface area contributed by atoms with Gasteiger partial charge in [0.15, 0.2) is 6.61 Å². The Morgan fingerprint density at radius 1 is 1.03 bits per heavy atom. The Hall–Kier alpha value is -3.34. The van der Waals surface area contributed by atoms with Gasteiger partial charge in [0, 0.05) is 18.5 Å². The lowest BCUT2D eigenvalue weighted by molar-refractivity contribution is -0.142. The molecular formula is C25H28N2O3. The van der Waals surface area contributed by atoms with Gasteiger partial charge in [0.25, 0.3) is 5.91 Å². The zero-order chi connectivity index (χ0) is 21.5. The fourth-order valence-corrected chi connectivity index (χ4v) is 3.46. The number of fused-ring (bicyclic) bond motifs is 1. The maximum absolute atomic E-state index is 13.1. The van der Waals surface area contributed by atoms with E-state index in [0.29, 0.717) is 18.8 Å². The van der Waals surface area contributed by atoms with E-state index in [1.807, 2.05) is 80.6 Å². The Morgan fingerprint density at radius 3 is 2.53 bits per heavy atom. The molecule has 2 amide bonds. The maximum atomic E-state index is 13.1. The van der Waals surface area contributed by atoms with E-state index >= 15 is 0 Å². The first-order chi connectivity index (χ1) is 14.5. The normalized spacial score (nSPS) is 11.7. The minimum atomic E-state index is -0.603. The number of hydrogen-bond donors (Lipinski definition) is 1. The average Bonchev–Trinajstić information content (AvgIpc) is 2.75. The van der Waals surface area contributed by atoms with Crippen LogP contribution in [0.4, 0.5) is 0 Å². The van der Waals surface area contributed by atoms with Gasteiger partial charge in [-0.1, -0.05) is 66.2 Å². The van der Waals surface area contributed by atoms with Crippen LogP contribution in [-0.2, 0) is 16.1 Å². The van der Waals surface area contributed by atoms with Gasteiger partial charge in [-0.25, -0.2) is 0 Å². The molecule has 156 valence electrons. The Morgan fingerprint density at radius 2 is 1.77 bits per heavy atom.